The molecule has 1 heterocycles. The summed E-state index contributed by atoms with van der Waals surface area (Å²) >= 11 is 0. The molecule has 0 aliphatic rings. The molecule has 4 heteroatoms. The van der Waals surface area contributed by atoms with Crippen molar-refractivity contribution >= 4 is 0 Å². The smallest absolute Gasteiger partial charge is 0.236 e. The van der Waals surface area contributed by atoms with Crippen LogP contribution in [0.3, 0.4) is 0 Å². The topological polar surface area (TPSA) is 61.0 Å². The SMILES string of the molecule is CC(C)CCCOc1nccnc1CN. The van der Waals surface area contributed by atoms with Gasteiger partial charge in [0.1, 0.15) is 5.69 Å². The minimum absolute atomic E-state index is 0.368. The normalized spacial score (nSPS) is 10.7. The van der Waals surface area contributed by atoms with Crippen LogP contribution in [-0.2, 0) is 6.54 Å². The molecule has 0 radical (unpaired) electrons. The number of hydrogen-bond acceptors (Lipinski definition) is 4. The lowest BCUT2D eigenvalue weighted by Crippen LogP contribution is -2.07. The highest BCUT2D eigenvalue weighted by Crippen LogP contribution is 2.11. The van der Waals surface area contributed by atoms with Gasteiger partial charge >= 0.3 is 0 Å². The van der Waals surface area contributed by atoms with Crippen LogP contribution in [0.2, 0.25) is 0 Å². The van der Waals surface area contributed by atoms with Crippen LogP contribution in [0.15, 0.2) is 12.4 Å². The molecule has 0 unspecified atom stereocenters. The van der Waals surface area contributed by atoms with Gasteiger partial charge in [-0.3, -0.25) is 4.98 Å². The molecule has 84 valence electrons. The number of nitrogens with zero attached hydrogens (tertiary/aromatic N) is 2. The second-order valence-electron chi connectivity index (χ2n) is 3.90. The van der Waals surface area contributed by atoms with Gasteiger partial charge in [-0.15, -0.1) is 0 Å². The van der Waals surface area contributed by atoms with Crippen molar-refractivity contribution in [2.75, 3.05) is 6.61 Å². The van der Waals surface area contributed by atoms with Gasteiger partial charge in [-0.2, -0.15) is 0 Å². The summed E-state index contributed by atoms with van der Waals surface area (Å²) in [5.41, 5.74) is 6.24. The Morgan fingerprint density at radius 3 is 2.73 bits per heavy atom. The number of hydrogen-bond donors (Lipinski definition) is 1. The maximum absolute atomic E-state index is 5.52. The molecule has 0 saturated carbocycles. The van der Waals surface area contributed by atoms with E-state index in [1.165, 1.54) is 0 Å². The van der Waals surface area contributed by atoms with Crippen molar-refractivity contribution in [3.05, 3.63) is 18.1 Å². The Hall–Kier alpha value is -1.16. The van der Waals surface area contributed by atoms with E-state index in [1.54, 1.807) is 12.4 Å². The van der Waals surface area contributed by atoms with E-state index < -0.39 is 0 Å². The number of rotatable bonds is 6. The monoisotopic (exact) mass is 209 g/mol. The minimum atomic E-state index is 0.368. The molecular formula is C11H19N3O. The first-order valence-corrected chi connectivity index (χ1v) is 5.36. The summed E-state index contributed by atoms with van der Waals surface area (Å²) in [5, 5.41) is 0. The third kappa shape index (κ3) is 4.25. The Morgan fingerprint density at radius 2 is 2.07 bits per heavy atom. The highest BCUT2D eigenvalue weighted by Gasteiger charge is 2.03. The van der Waals surface area contributed by atoms with Crippen LogP contribution in [0.5, 0.6) is 5.88 Å². The van der Waals surface area contributed by atoms with E-state index in [9.17, 15) is 0 Å². The second-order valence-corrected chi connectivity index (χ2v) is 3.90. The standard InChI is InChI=1S/C11H19N3O/c1-9(2)4-3-7-15-11-10(8-12)13-5-6-14-11/h5-6,9H,3-4,7-8,12H2,1-2H3. The summed E-state index contributed by atoms with van der Waals surface area (Å²) in [5.74, 6) is 1.29. The second kappa shape index (κ2) is 6.35. The zero-order chi connectivity index (χ0) is 11.1. The summed E-state index contributed by atoms with van der Waals surface area (Å²) in [6.45, 7) is 5.46. The molecule has 0 spiro atoms. The van der Waals surface area contributed by atoms with Gasteiger partial charge in [-0.1, -0.05) is 13.8 Å². The van der Waals surface area contributed by atoms with Gasteiger partial charge in [0.2, 0.25) is 5.88 Å². The van der Waals surface area contributed by atoms with Crippen LogP contribution in [0, 0.1) is 5.92 Å². The Morgan fingerprint density at radius 1 is 1.33 bits per heavy atom. The maximum atomic E-state index is 5.52. The van der Waals surface area contributed by atoms with E-state index in [4.69, 9.17) is 10.5 Å². The van der Waals surface area contributed by atoms with E-state index in [0.717, 1.165) is 18.5 Å². The number of aromatic nitrogens is 2. The number of nitrogens with two attached hydrogens (primary N) is 1. The highest BCUT2D eigenvalue weighted by molar-refractivity contribution is 5.16. The largest absolute Gasteiger partial charge is 0.476 e. The Bertz CT molecular complexity index is 289. The van der Waals surface area contributed by atoms with E-state index in [-0.39, 0.29) is 0 Å². The molecule has 0 aliphatic heterocycles. The Labute approximate surface area is 90.9 Å². The molecule has 0 saturated heterocycles. The Balaban J connectivity index is 2.36. The van der Waals surface area contributed by atoms with Gasteiger partial charge in [0.25, 0.3) is 0 Å². The van der Waals surface area contributed by atoms with Crippen molar-refractivity contribution in [2.45, 2.75) is 33.2 Å². The number of ether oxygens (including phenoxy) is 1. The summed E-state index contributed by atoms with van der Waals surface area (Å²) in [4.78, 5) is 8.20. The molecule has 1 aromatic heterocycles. The van der Waals surface area contributed by atoms with Gasteiger partial charge in [0.05, 0.1) is 6.61 Å². The van der Waals surface area contributed by atoms with Crippen LogP contribution in [0.4, 0.5) is 0 Å². The highest BCUT2D eigenvalue weighted by atomic mass is 16.5. The van der Waals surface area contributed by atoms with E-state index in [0.29, 0.717) is 24.9 Å². The van der Waals surface area contributed by atoms with Crippen LogP contribution in [0.25, 0.3) is 0 Å². The lowest BCUT2D eigenvalue weighted by atomic mass is 10.1. The van der Waals surface area contributed by atoms with Crippen molar-refractivity contribution in [1.82, 2.24) is 9.97 Å². The van der Waals surface area contributed by atoms with Crippen LogP contribution in [-0.4, -0.2) is 16.6 Å². The summed E-state index contributed by atoms with van der Waals surface area (Å²) < 4.78 is 5.52. The fourth-order valence-electron chi connectivity index (χ4n) is 1.28. The van der Waals surface area contributed by atoms with Crippen molar-refractivity contribution in [3.63, 3.8) is 0 Å². The average Bonchev–Trinajstić information content (AvgIpc) is 2.24. The summed E-state index contributed by atoms with van der Waals surface area (Å²) in [7, 11) is 0. The molecule has 4 nitrogen and oxygen atoms in total. The molecule has 0 bridgehead atoms. The summed E-state index contributed by atoms with van der Waals surface area (Å²) in [6.07, 6.45) is 5.45. The lowest BCUT2D eigenvalue weighted by Gasteiger charge is -2.08. The van der Waals surface area contributed by atoms with Gasteiger partial charge in [0, 0.05) is 18.9 Å². The van der Waals surface area contributed by atoms with E-state index in [2.05, 4.69) is 23.8 Å². The first-order valence-electron chi connectivity index (χ1n) is 5.36. The van der Waals surface area contributed by atoms with Crippen molar-refractivity contribution in [3.8, 4) is 5.88 Å². The molecule has 2 N–H and O–H groups in total. The van der Waals surface area contributed by atoms with Gasteiger partial charge in [0.15, 0.2) is 0 Å². The third-order valence-electron chi connectivity index (χ3n) is 2.09. The molecular weight excluding hydrogens is 190 g/mol. The molecule has 0 aliphatic carbocycles. The first-order chi connectivity index (χ1) is 7.24. The van der Waals surface area contributed by atoms with E-state index >= 15 is 0 Å². The quantitative estimate of drug-likeness (QED) is 0.725. The fourth-order valence-corrected chi connectivity index (χ4v) is 1.28. The third-order valence-corrected chi connectivity index (χ3v) is 2.09. The van der Waals surface area contributed by atoms with Gasteiger partial charge < -0.3 is 10.5 Å². The minimum Gasteiger partial charge on any atom is -0.476 e. The van der Waals surface area contributed by atoms with Crippen LogP contribution >= 0.6 is 0 Å². The van der Waals surface area contributed by atoms with Crippen molar-refractivity contribution in [1.29, 1.82) is 0 Å². The Kier molecular flexibility index (Phi) is 5.04. The van der Waals surface area contributed by atoms with Crippen molar-refractivity contribution < 1.29 is 4.74 Å². The molecule has 0 fully saturated rings. The lowest BCUT2D eigenvalue weighted by molar-refractivity contribution is 0.282. The fraction of sp³-hybridized carbons (Fsp3) is 0.636. The summed E-state index contributed by atoms with van der Waals surface area (Å²) in [6, 6.07) is 0. The maximum Gasteiger partial charge on any atom is 0.236 e. The zero-order valence-corrected chi connectivity index (χ0v) is 9.44. The van der Waals surface area contributed by atoms with Crippen molar-refractivity contribution in [2.24, 2.45) is 11.7 Å². The molecule has 1 rings (SSSR count). The van der Waals surface area contributed by atoms with Gasteiger partial charge in [-0.05, 0) is 18.8 Å². The van der Waals surface area contributed by atoms with Gasteiger partial charge in [-0.25, -0.2) is 4.98 Å². The zero-order valence-electron chi connectivity index (χ0n) is 9.44. The predicted molar refractivity (Wildman–Crippen MR) is 59.5 cm³/mol. The first kappa shape index (κ1) is 11.9. The molecule has 1 aromatic rings. The molecule has 0 amide bonds. The molecule has 0 atom stereocenters. The molecule has 0 aromatic carbocycles. The average molecular weight is 209 g/mol. The van der Waals surface area contributed by atoms with E-state index in [1.807, 2.05) is 0 Å². The van der Waals surface area contributed by atoms with Crippen LogP contribution < -0.4 is 10.5 Å². The predicted octanol–water partition coefficient (Wildman–Crippen LogP) is 1.75. The van der Waals surface area contributed by atoms with Crippen LogP contribution in [0.1, 0.15) is 32.4 Å². The molecule has 15 heavy (non-hydrogen) atoms.